The summed E-state index contributed by atoms with van der Waals surface area (Å²) in [5.74, 6) is 1.66. The number of tetrazole rings is 1. The Bertz CT molecular complexity index is 1090. The monoisotopic (exact) mass is 447 g/mol. The first-order valence-electron chi connectivity index (χ1n) is 11.7. The maximum atomic E-state index is 13.1. The van der Waals surface area contributed by atoms with Gasteiger partial charge in [0.1, 0.15) is 12.1 Å². The number of hydrogen-bond donors (Lipinski definition) is 1. The minimum atomic E-state index is 0.0168. The summed E-state index contributed by atoms with van der Waals surface area (Å²) in [6.07, 6.45) is 7.74. The molecule has 0 spiro atoms. The van der Waals surface area contributed by atoms with E-state index < -0.39 is 0 Å². The molecule has 1 amide bonds. The second kappa shape index (κ2) is 9.51. The van der Waals surface area contributed by atoms with Crippen molar-refractivity contribution in [3.05, 3.63) is 47.9 Å². The van der Waals surface area contributed by atoms with Gasteiger partial charge in [0.2, 0.25) is 5.95 Å². The molecule has 5 rings (SSSR count). The molecule has 1 saturated heterocycles. The third kappa shape index (κ3) is 4.94. The summed E-state index contributed by atoms with van der Waals surface area (Å²) in [4.78, 5) is 26.6. The van der Waals surface area contributed by atoms with Crippen LogP contribution in [0.3, 0.4) is 0 Å². The van der Waals surface area contributed by atoms with E-state index in [0.717, 1.165) is 36.2 Å². The van der Waals surface area contributed by atoms with Gasteiger partial charge in [-0.15, -0.1) is 5.10 Å². The second-order valence-corrected chi connectivity index (χ2v) is 8.75. The molecule has 10 heteroatoms. The molecule has 0 unspecified atom stereocenters. The van der Waals surface area contributed by atoms with Crippen molar-refractivity contribution in [3.63, 3.8) is 0 Å². The van der Waals surface area contributed by atoms with Crippen LogP contribution in [0.5, 0.6) is 0 Å². The van der Waals surface area contributed by atoms with Gasteiger partial charge in [0, 0.05) is 49.5 Å². The lowest BCUT2D eigenvalue weighted by molar-refractivity contribution is 0.0746. The maximum absolute atomic E-state index is 13.1. The van der Waals surface area contributed by atoms with Crippen molar-refractivity contribution >= 4 is 17.7 Å². The fourth-order valence-corrected chi connectivity index (χ4v) is 4.59. The zero-order valence-electron chi connectivity index (χ0n) is 18.9. The predicted octanol–water partition coefficient (Wildman–Crippen LogP) is 2.47. The first kappa shape index (κ1) is 21.3. The summed E-state index contributed by atoms with van der Waals surface area (Å²) in [5.41, 5.74) is 2.35. The lowest BCUT2D eigenvalue weighted by atomic mass is 9.96. The number of piperazine rings is 1. The normalized spacial score (nSPS) is 17.2. The average Bonchev–Trinajstić information content (AvgIpc) is 3.39. The highest BCUT2D eigenvalue weighted by Gasteiger charge is 2.24. The number of carbonyl (C=O) groups is 1. The van der Waals surface area contributed by atoms with E-state index in [9.17, 15) is 4.79 Å². The highest BCUT2D eigenvalue weighted by Crippen LogP contribution is 2.23. The van der Waals surface area contributed by atoms with Gasteiger partial charge >= 0.3 is 0 Å². The second-order valence-electron chi connectivity index (χ2n) is 8.75. The molecule has 3 aromatic rings. The van der Waals surface area contributed by atoms with E-state index >= 15 is 0 Å². The van der Waals surface area contributed by atoms with Crippen molar-refractivity contribution in [1.29, 1.82) is 0 Å². The van der Waals surface area contributed by atoms with E-state index in [-0.39, 0.29) is 5.91 Å². The van der Waals surface area contributed by atoms with Crippen LogP contribution in [0.1, 0.15) is 48.2 Å². The van der Waals surface area contributed by atoms with E-state index in [4.69, 9.17) is 4.98 Å². The molecular weight excluding hydrogens is 418 g/mol. The van der Waals surface area contributed by atoms with Crippen LogP contribution in [0.15, 0.2) is 36.7 Å². The molecule has 3 heterocycles. The molecular formula is C23H29N9O. The molecule has 2 fully saturated rings. The number of amides is 1. The van der Waals surface area contributed by atoms with E-state index in [1.54, 1.807) is 4.68 Å². The standard InChI is InChI=1S/C23H29N9O/c1-17-14-21(27-23(25-17)26-19-7-3-2-4-8-19)30-10-12-31(13-11-30)22(33)18-6-5-9-20(15-18)32-16-24-28-29-32/h5-6,9,14-16,19H,2-4,7-8,10-13H2,1H3,(H,25,26,27). The number of benzene rings is 1. The van der Waals surface area contributed by atoms with Gasteiger partial charge in [0.25, 0.3) is 5.91 Å². The van der Waals surface area contributed by atoms with E-state index in [0.29, 0.717) is 24.7 Å². The first-order valence-corrected chi connectivity index (χ1v) is 11.7. The molecule has 1 N–H and O–H groups in total. The van der Waals surface area contributed by atoms with Crippen molar-refractivity contribution in [1.82, 2.24) is 35.1 Å². The Hall–Kier alpha value is -3.56. The van der Waals surface area contributed by atoms with Crippen LogP contribution in [0, 0.1) is 6.92 Å². The van der Waals surface area contributed by atoms with Crippen molar-refractivity contribution in [2.24, 2.45) is 0 Å². The number of rotatable bonds is 5. The topological polar surface area (TPSA) is 105 Å². The highest BCUT2D eigenvalue weighted by atomic mass is 16.2. The fraction of sp³-hybridized carbons (Fsp3) is 0.478. The lowest BCUT2D eigenvalue weighted by Crippen LogP contribution is -2.49. The number of hydrogen-bond acceptors (Lipinski definition) is 8. The molecule has 33 heavy (non-hydrogen) atoms. The fourth-order valence-electron chi connectivity index (χ4n) is 4.59. The molecule has 1 aliphatic carbocycles. The van der Waals surface area contributed by atoms with Crippen LogP contribution < -0.4 is 10.2 Å². The van der Waals surface area contributed by atoms with E-state index in [1.165, 1.54) is 38.4 Å². The zero-order chi connectivity index (χ0) is 22.6. The highest BCUT2D eigenvalue weighted by molar-refractivity contribution is 5.95. The quantitative estimate of drug-likeness (QED) is 0.636. The van der Waals surface area contributed by atoms with Gasteiger partial charge in [0.05, 0.1) is 5.69 Å². The summed E-state index contributed by atoms with van der Waals surface area (Å²) < 4.78 is 1.55. The molecule has 2 aliphatic rings. The van der Waals surface area contributed by atoms with Gasteiger partial charge in [-0.25, -0.2) is 9.67 Å². The van der Waals surface area contributed by atoms with Crippen molar-refractivity contribution in [2.45, 2.75) is 45.1 Å². The Kier molecular flexibility index (Phi) is 6.14. The molecule has 2 aromatic heterocycles. The van der Waals surface area contributed by atoms with Crippen molar-refractivity contribution in [3.8, 4) is 5.69 Å². The Morgan fingerprint density at radius 3 is 2.61 bits per heavy atom. The summed E-state index contributed by atoms with van der Waals surface area (Å²) in [6, 6.07) is 9.87. The van der Waals surface area contributed by atoms with Gasteiger partial charge in [-0.1, -0.05) is 25.3 Å². The van der Waals surface area contributed by atoms with Gasteiger partial charge in [-0.05, 0) is 48.4 Å². The molecule has 0 radical (unpaired) electrons. The third-order valence-corrected chi connectivity index (χ3v) is 6.38. The van der Waals surface area contributed by atoms with Crippen LogP contribution in [0.4, 0.5) is 11.8 Å². The van der Waals surface area contributed by atoms with Crippen LogP contribution in [-0.2, 0) is 0 Å². The third-order valence-electron chi connectivity index (χ3n) is 6.38. The number of aromatic nitrogens is 6. The Morgan fingerprint density at radius 2 is 1.85 bits per heavy atom. The minimum absolute atomic E-state index is 0.0168. The molecule has 172 valence electrons. The average molecular weight is 448 g/mol. The van der Waals surface area contributed by atoms with Crippen LogP contribution >= 0.6 is 0 Å². The maximum Gasteiger partial charge on any atom is 0.254 e. The number of carbonyl (C=O) groups excluding carboxylic acids is 1. The first-order chi connectivity index (χ1) is 16.2. The van der Waals surface area contributed by atoms with Crippen LogP contribution in [-0.4, -0.2) is 73.2 Å². The SMILES string of the molecule is Cc1cc(N2CCN(C(=O)c3cccc(-n4cnnn4)c3)CC2)nc(NC2CCCCC2)n1. The number of nitrogens with one attached hydrogen (secondary N) is 1. The Balaban J connectivity index is 1.23. The molecule has 1 saturated carbocycles. The summed E-state index contributed by atoms with van der Waals surface area (Å²) in [7, 11) is 0. The van der Waals surface area contributed by atoms with Gasteiger partial charge in [0.15, 0.2) is 0 Å². The minimum Gasteiger partial charge on any atom is -0.353 e. The lowest BCUT2D eigenvalue weighted by Gasteiger charge is -2.35. The molecule has 1 aliphatic heterocycles. The molecule has 1 aromatic carbocycles. The van der Waals surface area contributed by atoms with Crippen LogP contribution in [0.25, 0.3) is 5.69 Å². The summed E-state index contributed by atoms with van der Waals surface area (Å²) in [6.45, 7) is 4.76. The van der Waals surface area contributed by atoms with E-state index in [2.05, 4.69) is 30.7 Å². The molecule has 0 atom stereocenters. The van der Waals surface area contributed by atoms with Crippen LogP contribution in [0.2, 0.25) is 0 Å². The number of aryl methyl sites for hydroxylation is 1. The predicted molar refractivity (Wildman–Crippen MR) is 125 cm³/mol. The largest absolute Gasteiger partial charge is 0.353 e. The van der Waals surface area contributed by atoms with Gasteiger partial charge in [-0.3, -0.25) is 4.79 Å². The molecule has 10 nitrogen and oxygen atoms in total. The van der Waals surface area contributed by atoms with Crippen molar-refractivity contribution < 1.29 is 4.79 Å². The van der Waals surface area contributed by atoms with Gasteiger partial charge < -0.3 is 15.1 Å². The van der Waals surface area contributed by atoms with E-state index in [1.807, 2.05) is 42.2 Å². The van der Waals surface area contributed by atoms with Gasteiger partial charge in [-0.2, -0.15) is 4.98 Å². The summed E-state index contributed by atoms with van der Waals surface area (Å²) in [5, 5.41) is 14.8. The smallest absolute Gasteiger partial charge is 0.254 e. The molecule has 0 bridgehead atoms. The number of nitrogens with zero attached hydrogens (tertiary/aromatic N) is 8. The Labute approximate surface area is 193 Å². The number of anilines is 2. The zero-order valence-corrected chi connectivity index (χ0v) is 18.9. The van der Waals surface area contributed by atoms with Crippen molar-refractivity contribution in [2.75, 3.05) is 36.4 Å². The summed E-state index contributed by atoms with van der Waals surface area (Å²) >= 11 is 0. The Morgan fingerprint density at radius 1 is 1.03 bits per heavy atom.